The smallest absolute Gasteiger partial charge is 0.315 e. The molecule has 116 valence electrons. The van der Waals surface area contributed by atoms with Crippen LogP contribution in [0.2, 0.25) is 0 Å². The van der Waals surface area contributed by atoms with E-state index in [1.165, 1.54) is 0 Å². The van der Waals surface area contributed by atoms with E-state index in [9.17, 15) is 9.59 Å². The van der Waals surface area contributed by atoms with Gasteiger partial charge in [-0.15, -0.1) is 10.2 Å². The van der Waals surface area contributed by atoms with Crippen molar-refractivity contribution < 1.29 is 14.7 Å². The zero-order valence-corrected chi connectivity index (χ0v) is 12.1. The molecule has 1 fully saturated rings. The average molecular weight is 295 g/mol. The second-order valence-corrected chi connectivity index (χ2v) is 5.40. The van der Waals surface area contributed by atoms with Crippen molar-refractivity contribution in [3.8, 4) is 0 Å². The number of carbonyl (C=O) groups excluding carboxylic acids is 1. The minimum atomic E-state index is -0.886. The van der Waals surface area contributed by atoms with Gasteiger partial charge in [0.15, 0.2) is 5.82 Å². The third-order valence-electron chi connectivity index (χ3n) is 3.87. The summed E-state index contributed by atoms with van der Waals surface area (Å²) in [4.78, 5) is 23.0. The lowest BCUT2D eigenvalue weighted by atomic mass is 9.93. The molecule has 1 aliphatic rings. The molecule has 0 spiro atoms. The first-order valence-electron chi connectivity index (χ1n) is 7.19. The predicted molar refractivity (Wildman–Crippen MR) is 74.5 cm³/mol. The van der Waals surface area contributed by atoms with Crippen LogP contribution in [-0.4, -0.2) is 37.4 Å². The van der Waals surface area contributed by atoms with Gasteiger partial charge in [-0.2, -0.15) is 0 Å². The first kappa shape index (κ1) is 15.3. The summed E-state index contributed by atoms with van der Waals surface area (Å²) in [7, 11) is 0. The van der Waals surface area contributed by atoms with E-state index in [1.54, 1.807) is 6.33 Å². The maximum Gasteiger partial charge on any atom is 0.315 e. The van der Waals surface area contributed by atoms with Crippen LogP contribution in [-0.2, 0) is 17.9 Å². The van der Waals surface area contributed by atoms with E-state index in [0.29, 0.717) is 18.7 Å². The van der Waals surface area contributed by atoms with Crippen molar-refractivity contribution in [1.29, 1.82) is 0 Å². The predicted octanol–water partition coefficient (Wildman–Crippen LogP) is 0.885. The Hall–Kier alpha value is -2.12. The highest BCUT2D eigenvalue weighted by molar-refractivity contribution is 5.76. The van der Waals surface area contributed by atoms with E-state index >= 15 is 0 Å². The minimum Gasteiger partial charge on any atom is -0.481 e. The van der Waals surface area contributed by atoms with E-state index in [-0.39, 0.29) is 19.0 Å². The molecule has 1 heterocycles. The molecule has 0 aliphatic heterocycles. The molecule has 0 aromatic carbocycles. The van der Waals surface area contributed by atoms with Gasteiger partial charge in [-0.25, -0.2) is 4.79 Å². The van der Waals surface area contributed by atoms with Crippen molar-refractivity contribution in [2.45, 2.75) is 57.7 Å². The van der Waals surface area contributed by atoms with Crippen LogP contribution in [0.5, 0.6) is 0 Å². The van der Waals surface area contributed by atoms with Gasteiger partial charge in [0.05, 0.1) is 18.5 Å². The van der Waals surface area contributed by atoms with Crippen molar-refractivity contribution in [2.24, 2.45) is 0 Å². The van der Waals surface area contributed by atoms with Crippen molar-refractivity contribution >= 4 is 12.0 Å². The molecule has 1 aliphatic carbocycles. The Morgan fingerprint density at radius 2 is 2.14 bits per heavy atom. The van der Waals surface area contributed by atoms with Gasteiger partial charge in [-0.1, -0.05) is 12.8 Å². The van der Waals surface area contributed by atoms with E-state index in [1.807, 2.05) is 11.5 Å². The maximum atomic E-state index is 12.0. The molecular weight excluding hydrogens is 274 g/mol. The molecule has 8 nitrogen and oxygen atoms in total. The van der Waals surface area contributed by atoms with Crippen molar-refractivity contribution in [3.63, 3.8) is 0 Å². The molecule has 2 rings (SSSR count). The molecule has 0 radical (unpaired) electrons. The van der Waals surface area contributed by atoms with Crippen LogP contribution in [0.25, 0.3) is 0 Å². The molecule has 21 heavy (non-hydrogen) atoms. The molecular formula is C13H21N5O3. The van der Waals surface area contributed by atoms with E-state index in [2.05, 4.69) is 20.8 Å². The summed E-state index contributed by atoms with van der Waals surface area (Å²) in [5.74, 6) is -0.214. The maximum absolute atomic E-state index is 12.0. The van der Waals surface area contributed by atoms with Crippen molar-refractivity contribution in [3.05, 3.63) is 12.2 Å². The van der Waals surface area contributed by atoms with Crippen LogP contribution in [0, 0.1) is 0 Å². The second kappa shape index (κ2) is 6.55. The van der Waals surface area contributed by atoms with Gasteiger partial charge in [0.2, 0.25) is 0 Å². The Balaban J connectivity index is 1.89. The summed E-state index contributed by atoms with van der Waals surface area (Å²) in [6, 6.07) is -0.358. The van der Waals surface area contributed by atoms with Crippen LogP contribution in [0.4, 0.5) is 4.79 Å². The van der Waals surface area contributed by atoms with Crippen LogP contribution in [0.1, 0.15) is 44.9 Å². The summed E-state index contributed by atoms with van der Waals surface area (Å²) >= 11 is 0. The molecule has 0 atom stereocenters. The van der Waals surface area contributed by atoms with E-state index < -0.39 is 11.5 Å². The van der Waals surface area contributed by atoms with Gasteiger partial charge in [0, 0.05) is 6.54 Å². The number of carboxylic acid groups (broad SMARTS) is 1. The molecule has 1 aromatic heterocycles. The number of carboxylic acids is 1. The Morgan fingerprint density at radius 3 is 2.76 bits per heavy atom. The number of amides is 2. The highest BCUT2D eigenvalue weighted by Crippen LogP contribution is 2.32. The third-order valence-corrected chi connectivity index (χ3v) is 3.87. The number of urea groups is 1. The first-order chi connectivity index (χ1) is 10.0. The number of rotatable bonds is 6. The second-order valence-electron chi connectivity index (χ2n) is 5.40. The zero-order valence-electron chi connectivity index (χ0n) is 12.1. The molecule has 8 heteroatoms. The van der Waals surface area contributed by atoms with Gasteiger partial charge in [0.1, 0.15) is 6.33 Å². The lowest BCUT2D eigenvalue weighted by Gasteiger charge is -2.28. The highest BCUT2D eigenvalue weighted by atomic mass is 16.4. The Labute approximate surface area is 122 Å². The summed E-state index contributed by atoms with van der Waals surface area (Å²) in [5, 5.41) is 22.3. The summed E-state index contributed by atoms with van der Waals surface area (Å²) < 4.78 is 1.84. The summed E-state index contributed by atoms with van der Waals surface area (Å²) in [6.07, 6.45) is 4.87. The Morgan fingerprint density at radius 1 is 1.43 bits per heavy atom. The fourth-order valence-electron chi connectivity index (χ4n) is 2.81. The van der Waals surface area contributed by atoms with Gasteiger partial charge in [-0.3, -0.25) is 4.79 Å². The normalized spacial score (nSPS) is 16.6. The Bertz CT molecular complexity index is 508. The highest BCUT2D eigenvalue weighted by Gasteiger charge is 2.37. The van der Waals surface area contributed by atoms with Crippen LogP contribution in [0.15, 0.2) is 6.33 Å². The van der Waals surface area contributed by atoms with Crippen molar-refractivity contribution in [2.75, 3.05) is 0 Å². The monoisotopic (exact) mass is 295 g/mol. The molecule has 0 saturated heterocycles. The van der Waals surface area contributed by atoms with Crippen LogP contribution < -0.4 is 10.6 Å². The van der Waals surface area contributed by atoms with Gasteiger partial charge < -0.3 is 20.3 Å². The van der Waals surface area contributed by atoms with Crippen LogP contribution >= 0.6 is 0 Å². The number of aliphatic carboxylic acids is 1. The lowest BCUT2D eigenvalue weighted by molar-refractivity contribution is -0.138. The SMILES string of the molecule is CCn1cnnc1CNC(=O)NC1(CC(=O)O)CCCC1. The average Bonchev–Trinajstić information content (AvgIpc) is 3.04. The molecule has 2 amide bonds. The minimum absolute atomic E-state index is 0.0361. The number of aromatic nitrogens is 3. The van der Waals surface area contributed by atoms with Crippen molar-refractivity contribution in [1.82, 2.24) is 25.4 Å². The molecule has 0 unspecified atom stereocenters. The fraction of sp³-hybridized carbons (Fsp3) is 0.692. The van der Waals surface area contributed by atoms with Gasteiger partial charge >= 0.3 is 12.0 Å². The molecule has 1 aromatic rings. The summed E-state index contributed by atoms with van der Waals surface area (Å²) in [6.45, 7) is 2.96. The number of hydrogen-bond donors (Lipinski definition) is 3. The number of nitrogens with one attached hydrogen (secondary N) is 2. The molecule has 1 saturated carbocycles. The lowest BCUT2D eigenvalue weighted by Crippen LogP contribution is -2.51. The number of hydrogen-bond acceptors (Lipinski definition) is 4. The summed E-state index contributed by atoms with van der Waals surface area (Å²) in [5.41, 5.74) is -0.617. The number of nitrogens with zero attached hydrogens (tertiary/aromatic N) is 3. The number of carbonyl (C=O) groups is 2. The topological polar surface area (TPSA) is 109 Å². The number of aryl methyl sites for hydroxylation is 1. The standard InChI is InChI=1S/C13H21N5O3/c1-2-18-9-15-17-10(18)8-14-12(21)16-13(7-11(19)20)5-3-4-6-13/h9H,2-8H2,1H3,(H,19,20)(H2,14,16,21). The third kappa shape index (κ3) is 3.93. The molecule has 3 N–H and O–H groups in total. The zero-order chi connectivity index (χ0) is 15.3. The quantitative estimate of drug-likeness (QED) is 0.722. The Kier molecular flexibility index (Phi) is 4.77. The van der Waals surface area contributed by atoms with E-state index in [0.717, 1.165) is 19.4 Å². The van der Waals surface area contributed by atoms with E-state index in [4.69, 9.17) is 5.11 Å². The molecule has 0 bridgehead atoms. The van der Waals surface area contributed by atoms with Crippen LogP contribution in [0.3, 0.4) is 0 Å². The van der Waals surface area contributed by atoms with Gasteiger partial charge in [0.25, 0.3) is 0 Å². The first-order valence-corrected chi connectivity index (χ1v) is 7.19. The fourth-order valence-corrected chi connectivity index (χ4v) is 2.81. The largest absolute Gasteiger partial charge is 0.481 e. The van der Waals surface area contributed by atoms with Gasteiger partial charge in [-0.05, 0) is 19.8 Å².